The van der Waals surface area contributed by atoms with E-state index in [9.17, 15) is 14.0 Å². The highest BCUT2D eigenvalue weighted by Crippen LogP contribution is 2.23. The van der Waals surface area contributed by atoms with Crippen LogP contribution in [-0.2, 0) is 11.8 Å². The Balaban J connectivity index is 1.59. The molecule has 1 unspecified atom stereocenters. The van der Waals surface area contributed by atoms with Crippen molar-refractivity contribution in [1.29, 1.82) is 0 Å². The molecule has 0 spiro atoms. The van der Waals surface area contributed by atoms with E-state index in [4.69, 9.17) is 23.2 Å². The second-order valence-corrected chi connectivity index (χ2v) is 8.33. The van der Waals surface area contributed by atoms with Crippen LogP contribution >= 0.6 is 35.0 Å². The maximum absolute atomic E-state index is 13.2. The summed E-state index contributed by atoms with van der Waals surface area (Å²) in [4.78, 5) is 24.6. The Kier molecular flexibility index (Phi) is 7.53. The van der Waals surface area contributed by atoms with E-state index in [1.807, 2.05) is 0 Å². The molecule has 0 radical (unpaired) electrons. The minimum atomic E-state index is -0.449. The van der Waals surface area contributed by atoms with Crippen molar-refractivity contribution in [3.8, 4) is 0 Å². The SMILES string of the molecule is CC(NC(=O)c1ccc(Cl)c(Cl)c1)c1nnc(SCC(=O)Nc2cccc(F)c2)n1C. The van der Waals surface area contributed by atoms with E-state index in [-0.39, 0.29) is 22.6 Å². The number of nitrogens with one attached hydrogen (secondary N) is 2. The van der Waals surface area contributed by atoms with Crippen molar-refractivity contribution in [3.05, 3.63) is 69.7 Å². The first-order chi connectivity index (χ1) is 14.7. The number of hydrogen-bond acceptors (Lipinski definition) is 5. The summed E-state index contributed by atoms with van der Waals surface area (Å²) in [6.45, 7) is 1.77. The summed E-state index contributed by atoms with van der Waals surface area (Å²) in [5.41, 5.74) is 0.745. The lowest BCUT2D eigenvalue weighted by molar-refractivity contribution is -0.113. The molecule has 0 aliphatic rings. The summed E-state index contributed by atoms with van der Waals surface area (Å²) in [7, 11) is 1.74. The predicted octanol–water partition coefficient (Wildman–Crippen LogP) is 4.48. The van der Waals surface area contributed by atoms with Crippen LogP contribution in [0.5, 0.6) is 0 Å². The maximum Gasteiger partial charge on any atom is 0.251 e. The van der Waals surface area contributed by atoms with Crippen LogP contribution in [-0.4, -0.2) is 32.3 Å². The summed E-state index contributed by atoms with van der Waals surface area (Å²) < 4.78 is 14.9. The summed E-state index contributed by atoms with van der Waals surface area (Å²) >= 11 is 13.0. The third kappa shape index (κ3) is 5.96. The molecular weight excluding hydrogens is 464 g/mol. The maximum atomic E-state index is 13.2. The summed E-state index contributed by atoms with van der Waals surface area (Å²) in [6, 6.07) is 9.82. The highest BCUT2D eigenvalue weighted by Gasteiger charge is 2.19. The van der Waals surface area contributed by atoms with Gasteiger partial charge in [0, 0.05) is 18.3 Å². The molecule has 31 heavy (non-hydrogen) atoms. The third-order valence-corrected chi connectivity index (χ3v) is 5.99. The van der Waals surface area contributed by atoms with Gasteiger partial charge in [-0.05, 0) is 43.3 Å². The molecule has 2 amide bonds. The second-order valence-electron chi connectivity index (χ2n) is 6.57. The summed E-state index contributed by atoms with van der Waals surface area (Å²) in [5, 5.41) is 14.8. The van der Waals surface area contributed by atoms with E-state index in [1.54, 1.807) is 36.7 Å². The van der Waals surface area contributed by atoms with Gasteiger partial charge in [0.15, 0.2) is 11.0 Å². The van der Waals surface area contributed by atoms with Gasteiger partial charge in [0.2, 0.25) is 5.91 Å². The molecule has 0 saturated heterocycles. The average molecular weight is 482 g/mol. The number of hydrogen-bond donors (Lipinski definition) is 2. The number of amides is 2. The number of benzene rings is 2. The number of thioether (sulfide) groups is 1. The molecular formula is C20H18Cl2FN5O2S. The second kappa shape index (κ2) is 10.1. The zero-order valence-corrected chi connectivity index (χ0v) is 18.9. The van der Waals surface area contributed by atoms with Crippen molar-refractivity contribution >= 4 is 52.5 Å². The van der Waals surface area contributed by atoms with Gasteiger partial charge in [-0.2, -0.15) is 0 Å². The minimum Gasteiger partial charge on any atom is -0.342 e. The fraction of sp³-hybridized carbons (Fsp3) is 0.200. The monoisotopic (exact) mass is 481 g/mol. The number of anilines is 1. The lowest BCUT2D eigenvalue weighted by Gasteiger charge is -2.14. The van der Waals surface area contributed by atoms with Crippen LogP contribution in [0.4, 0.5) is 10.1 Å². The average Bonchev–Trinajstić information content (AvgIpc) is 3.09. The van der Waals surface area contributed by atoms with Gasteiger partial charge in [-0.1, -0.05) is 41.0 Å². The van der Waals surface area contributed by atoms with Gasteiger partial charge in [0.05, 0.1) is 21.8 Å². The van der Waals surface area contributed by atoms with Crippen LogP contribution in [0.2, 0.25) is 10.0 Å². The van der Waals surface area contributed by atoms with Crippen molar-refractivity contribution in [2.45, 2.75) is 18.1 Å². The van der Waals surface area contributed by atoms with Crippen molar-refractivity contribution in [1.82, 2.24) is 20.1 Å². The van der Waals surface area contributed by atoms with Gasteiger partial charge >= 0.3 is 0 Å². The van der Waals surface area contributed by atoms with E-state index in [0.29, 0.717) is 27.3 Å². The van der Waals surface area contributed by atoms with Crippen LogP contribution < -0.4 is 10.6 Å². The largest absolute Gasteiger partial charge is 0.342 e. The van der Waals surface area contributed by atoms with Crippen LogP contribution in [0.1, 0.15) is 29.1 Å². The topological polar surface area (TPSA) is 88.9 Å². The molecule has 162 valence electrons. The first-order valence-corrected chi connectivity index (χ1v) is 10.8. The van der Waals surface area contributed by atoms with Gasteiger partial charge in [-0.3, -0.25) is 9.59 Å². The Hall–Kier alpha value is -2.62. The highest BCUT2D eigenvalue weighted by molar-refractivity contribution is 7.99. The number of carbonyl (C=O) groups is 2. The third-order valence-electron chi connectivity index (χ3n) is 4.23. The van der Waals surface area contributed by atoms with Gasteiger partial charge in [-0.15, -0.1) is 10.2 Å². The van der Waals surface area contributed by atoms with Crippen LogP contribution in [0.15, 0.2) is 47.6 Å². The molecule has 0 aliphatic carbocycles. The summed E-state index contributed by atoms with van der Waals surface area (Å²) in [5.74, 6) is -0.493. The van der Waals surface area contributed by atoms with Gasteiger partial charge in [0.1, 0.15) is 5.82 Å². The Labute approximate surface area is 192 Å². The van der Waals surface area contributed by atoms with Crippen LogP contribution in [0.3, 0.4) is 0 Å². The van der Waals surface area contributed by atoms with E-state index in [2.05, 4.69) is 20.8 Å². The zero-order valence-electron chi connectivity index (χ0n) is 16.5. The molecule has 2 aromatic carbocycles. The van der Waals surface area contributed by atoms with Gasteiger partial charge in [-0.25, -0.2) is 4.39 Å². The van der Waals surface area contributed by atoms with Crippen LogP contribution in [0.25, 0.3) is 0 Å². The lowest BCUT2D eigenvalue weighted by atomic mass is 10.2. The molecule has 1 atom stereocenters. The molecule has 1 aromatic heterocycles. The molecule has 2 N–H and O–H groups in total. The molecule has 3 aromatic rings. The van der Waals surface area contributed by atoms with Crippen LogP contribution in [0, 0.1) is 5.82 Å². The molecule has 1 heterocycles. The Morgan fingerprint density at radius 2 is 1.94 bits per heavy atom. The molecule has 0 bridgehead atoms. The van der Waals surface area contributed by atoms with E-state index in [1.165, 1.54) is 36.0 Å². The Morgan fingerprint density at radius 3 is 2.65 bits per heavy atom. The Bertz CT molecular complexity index is 1120. The smallest absolute Gasteiger partial charge is 0.251 e. The fourth-order valence-corrected chi connectivity index (χ4v) is 3.72. The van der Waals surface area contributed by atoms with Crippen molar-refractivity contribution in [2.24, 2.45) is 7.05 Å². The van der Waals surface area contributed by atoms with E-state index < -0.39 is 11.9 Å². The molecule has 0 fully saturated rings. The first kappa shape index (κ1) is 23.1. The molecule has 11 heteroatoms. The van der Waals surface area contributed by atoms with Gasteiger partial charge in [0.25, 0.3) is 5.91 Å². The predicted molar refractivity (Wildman–Crippen MR) is 119 cm³/mol. The van der Waals surface area contributed by atoms with E-state index in [0.717, 1.165) is 0 Å². The number of rotatable bonds is 7. The zero-order chi connectivity index (χ0) is 22.5. The lowest BCUT2D eigenvalue weighted by Crippen LogP contribution is -2.28. The van der Waals surface area contributed by atoms with Crippen molar-refractivity contribution in [2.75, 3.05) is 11.1 Å². The summed E-state index contributed by atoms with van der Waals surface area (Å²) in [6.07, 6.45) is 0. The molecule has 0 aliphatic heterocycles. The van der Waals surface area contributed by atoms with Crippen molar-refractivity contribution in [3.63, 3.8) is 0 Å². The Morgan fingerprint density at radius 1 is 1.16 bits per heavy atom. The van der Waals surface area contributed by atoms with Crippen molar-refractivity contribution < 1.29 is 14.0 Å². The molecule has 0 saturated carbocycles. The minimum absolute atomic E-state index is 0.0620. The van der Waals surface area contributed by atoms with Gasteiger partial charge < -0.3 is 15.2 Å². The highest BCUT2D eigenvalue weighted by atomic mass is 35.5. The number of carbonyl (C=O) groups excluding carboxylic acids is 2. The molecule has 3 rings (SSSR count). The molecule has 7 nitrogen and oxygen atoms in total. The van der Waals surface area contributed by atoms with E-state index >= 15 is 0 Å². The number of aromatic nitrogens is 3. The standard InChI is InChI=1S/C20H18Cl2FN5O2S/c1-11(24-19(30)12-6-7-15(21)16(22)8-12)18-26-27-20(28(18)2)31-10-17(29)25-14-5-3-4-13(23)9-14/h3-9,11H,10H2,1-2H3,(H,24,30)(H,25,29). The first-order valence-electron chi connectivity index (χ1n) is 9.08. The normalized spacial score (nSPS) is 11.8. The quantitative estimate of drug-likeness (QED) is 0.485. The number of halogens is 3. The fourth-order valence-electron chi connectivity index (χ4n) is 2.70. The number of nitrogens with zero attached hydrogens (tertiary/aromatic N) is 3.